The predicted molar refractivity (Wildman–Crippen MR) is 103 cm³/mol. The lowest BCUT2D eigenvalue weighted by atomic mass is 10.0. The number of carbonyl (C=O) groups excluding carboxylic acids is 1. The zero-order chi connectivity index (χ0) is 19.3. The first-order valence-electron chi connectivity index (χ1n) is 8.60. The van der Waals surface area contributed by atoms with Crippen LogP contribution in [0.1, 0.15) is 55.9 Å². The smallest absolute Gasteiger partial charge is 0.271 e. The van der Waals surface area contributed by atoms with Gasteiger partial charge in [-0.3, -0.25) is 9.78 Å². The molecule has 0 spiro atoms. The fourth-order valence-corrected chi connectivity index (χ4v) is 2.30. The monoisotopic (exact) mass is 348 g/mol. The number of aromatic nitrogens is 2. The van der Waals surface area contributed by atoms with E-state index in [1.165, 1.54) is 5.57 Å². The summed E-state index contributed by atoms with van der Waals surface area (Å²) in [6.07, 6.45) is 4.86. The number of allylic oxidation sites excluding steroid dienone is 1. The van der Waals surface area contributed by atoms with Crippen molar-refractivity contribution in [2.24, 2.45) is 0 Å². The predicted octanol–water partition coefficient (Wildman–Crippen LogP) is 4.30. The minimum absolute atomic E-state index is 0.272. The Labute approximate surface area is 154 Å². The zero-order valence-corrected chi connectivity index (χ0v) is 15.9. The third-order valence-corrected chi connectivity index (χ3v) is 4.07. The van der Waals surface area contributed by atoms with Gasteiger partial charge in [0.2, 0.25) is 0 Å². The summed E-state index contributed by atoms with van der Waals surface area (Å²) < 4.78 is 0. The molecule has 5 nitrogen and oxygen atoms in total. The van der Waals surface area contributed by atoms with Gasteiger partial charge in [-0.05, 0) is 57.9 Å². The van der Waals surface area contributed by atoms with Crippen LogP contribution in [0.4, 0.5) is 0 Å². The SMILES string of the molecule is CC/C(C)=C\c1cc(-c2cccc(C(=O)NC(C)(C)C#N)n2)cnc1C. The molecular weight excluding hydrogens is 324 g/mol. The van der Waals surface area contributed by atoms with Crippen LogP contribution in [0, 0.1) is 18.3 Å². The average Bonchev–Trinajstić information content (AvgIpc) is 2.63. The molecule has 26 heavy (non-hydrogen) atoms. The Morgan fingerprint density at radius 1 is 1.38 bits per heavy atom. The van der Waals surface area contributed by atoms with Gasteiger partial charge in [0.1, 0.15) is 11.2 Å². The van der Waals surface area contributed by atoms with Crippen molar-refractivity contribution in [3.63, 3.8) is 0 Å². The second-order valence-corrected chi connectivity index (χ2v) is 6.84. The van der Waals surface area contributed by atoms with Crippen LogP contribution in [0.2, 0.25) is 0 Å². The molecule has 0 aliphatic rings. The maximum atomic E-state index is 12.4. The summed E-state index contributed by atoms with van der Waals surface area (Å²) in [5.41, 5.74) is 4.11. The first-order valence-corrected chi connectivity index (χ1v) is 8.60. The summed E-state index contributed by atoms with van der Waals surface area (Å²) in [7, 11) is 0. The van der Waals surface area contributed by atoms with Gasteiger partial charge in [0.25, 0.3) is 5.91 Å². The van der Waals surface area contributed by atoms with Crippen molar-refractivity contribution < 1.29 is 4.79 Å². The summed E-state index contributed by atoms with van der Waals surface area (Å²) in [6, 6.07) is 9.34. The summed E-state index contributed by atoms with van der Waals surface area (Å²) >= 11 is 0. The molecule has 0 atom stereocenters. The van der Waals surface area contributed by atoms with Crippen LogP contribution in [-0.4, -0.2) is 21.4 Å². The molecule has 0 fully saturated rings. The molecule has 2 aromatic rings. The van der Waals surface area contributed by atoms with Gasteiger partial charge in [-0.2, -0.15) is 5.26 Å². The summed E-state index contributed by atoms with van der Waals surface area (Å²) in [5.74, 6) is -0.375. The van der Waals surface area contributed by atoms with Crippen molar-refractivity contribution in [1.29, 1.82) is 5.26 Å². The van der Waals surface area contributed by atoms with E-state index in [1.54, 1.807) is 32.2 Å². The summed E-state index contributed by atoms with van der Waals surface area (Å²) in [5, 5.41) is 11.7. The van der Waals surface area contributed by atoms with E-state index in [-0.39, 0.29) is 11.6 Å². The largest absolute Gasteiger partial charge is 0.333 e. The Balaban J connectivity index is 2.38. The topological polar surface area (TPSA) is 78.7 Å². The van der Waals surface area contributed by atoms with Crippen LogP contribution in [0.15, 0.2) is 36.0 Å². The third kappa shape index (κ3) is 4.76. The molecule has 2 heterocycles. The van der Waals surface area contributed by atoms with Crippen molar-refractivity contribution in [2.75, 3.05) is 0 Å². The number of amides is 1. The van der Waals surface area contributed by atoms with Gasteiger partial charge in [-0.15, -0.1) is 0 Å². The number of hydrogen-bond donors (Lipinski definition) is 1. The molecule has 2 rings (SSSR count). The number of nitrogens with zero attached hydrogens (tertiary/aromatic N) is 3. The molecule has 1 N–H and O–H groups in total. The Morgan fingerprint density at radius 2 is 2.12 bits per heavy atom. The summed E-state index contributed by atoms with van der Waals surface area (Å²) in [6.45, 7) is 9.47. The molecule has 5 heteroatoms. The van der Waals surface area contributed by atoms with Crippen molar-refractivity contribution in [2.45, 2.75) is 46.6 Å². The number of aryl methyl sites for hydroxylation is 1. The van der Waals surface area contributed by atoms with Gasteiger partial charge in [0.05, 0.1) is 11.8 Å². The number of rotatable bonds is 5. The van der Waals surface area contributed by atoms with Crippen LogP contribution >= 0.6 is 0 Å². The summed E-state index contributed by atoms with van der Waals surface area (Å²) in [4.78, 5) is 21.3. The molecule has 0 saturated carbocycles. The number of carbonyl (C=O) groups is 1. The lowest BCUT2D eigenvalue weighted by molar-refractivity contribution is 0.0924. The normalized spacial score (nSPS) is 11.8. The first-order chi connectivity index (χ1) is 12.3. The lowest BCUT2D eigenvalue weighted by Gasteiger charge is -2.17. The van der Waals surface area contributed by atoms with E-state index in [4.69, 9.17) is 5.26 Å². The molecule has 0 aromatic carbocycles. The molecule has 0 unspecified atom stereocenters. The Bertz CT molecular complexity index is 891. The van der Waals surface area contributed by atoms with Gasteiger partial charge < -0.3 is 5.32 Å². The molecule has 0 aliphatic heterocycles. The molecule has 0 saturated heterocycles. The van der Waals surface area contributed by atoms with Crippen molar-refractivity contribution in [3.8, 4) is 17.3 Å². The van der Waals surface area contributed by atoms with E-state index in [1.807, 2.05) is 25.1 Å². The number of hydrogen-bond acceptors (Lipinski definition) is 4. The highest BCUT2D eigenvalue weighted by Crippen LogP contribution is 2.21. The fraction of sp³-hybridized carbons (Fsp3) is 0.333. The van der Waals surface area contributed by atoms with Gasteiger partial charge in [-0.25, -0.2) is 4.98 Å². The zero-order valence-electron chi connectivity index (χ0n) is 15.9. The van der Waals surface area contributed by atoms with Crippen LogP contribution < -0.4 is 5.32 Å². The maximum Gasteiger partial charge on any atom is 0.271 e. The highest BCUT2D eigenvalue weighted by molar-refractivity contribution is 5.93. The van der Waals surface area contributed by atoms with E-state index in [2.05, 4.69) is 35.2 Å². The molecular formula is C21H24N4O. The molecule has 2 aromatic heterocycles. The standard InChI is InChI=1S/C21H24N4O/c1-6-14(2)10-16-11-17(12-23-15(16)3)18-8-7-9-19(24-18)20(26)25-21(4,5)13-22/h7-12H,6H2,1-5H3,(H,25,26)/b14-10-. The van der Waals surface area contributed by atoms with Crippen molar-refractivity contribution in [3.05, 3.63) is 53.0 Å². The minimum atomic E-state index is -0.949. The number of pyridine rings is 2. The molecule has 134 valence electrons. The van der Waals surface area contributed by atoms with E-state index in [0.29, 0.717) is 5.69 Å². The van der Waals surface area contributed by atoms with Crippen LogP contribution in [0.3, 0.4) is 0 Å². The minimum Gasteiger partial charge on any atom is -0.333 e. The average molecular weight is 348 g/mol. The number of nitrogens with one attached hydrogen (secondary N) is 1. The Hall–Kier alpha value is -3.00. The number of nitriles is 1. The second-order valence-electron chi connectivity index (χ2n) is 6.84. The van der Waals surface area contributed by atoms with Gasteiger partial charge in [0, 0.05) is 17.5 Å². The van der Waals surface area contributed by atoms with Gasteiger partial charge in [0.15, 0.2) is 0 Å². The van der Waals surface area contributed by atoms with E-state index in [0.717, 1.165) is 23.2 Å². The molecule has 1 amide bonds. The van der Waals surface area contributed by atoms with E-state index < -0.39 is 5.54 Å². The highest BCUT2D eigenvalue weighted by Gasteiger charge is 2.21. The Kier molecular flexibility index (Phi) is 5.89. The highest BCUT2D eigenvalue weighted by atomic mass is 16.2. The lowest BCUT2D eigenvalue weighted by Crippen LogP contribution is -2.42. The van der Waals surface area contributed by atoms with Crippen LogP contribution in [0.25, 0.3) is 17.3 Å². The van der Waals surface area contributed by atoms with E-state index in [9.17, 15) is 4.79 Å². The molecule has 0 aliphatic carbocycles. The maximum absolute atomic E-state index is 12.4. The van der Waals surface area contributed by atoms with Crippen LogP contribution in [0.5, 0.6) is 0 Å². The quantitative estimate of drug-likeness (QED) is 0.874. The van der Waals surface area contributed by atoms with Crippen molar-refractivity contribution in [1.82, 2.24) is 15.3 Å². The third-order valence-electron chi connectivity index (χ3n) is 4.07. The molecule has 0 radical (unpaired) electrons. The first kappa shape index (κ1) is 19.3. The van der Waals surface area contributed by atoms with Gasteiger partial charge in [-0.1, -0.05) is 24.6 Å². The van der Waals surface area contributed by atoms with E-state index >= 15 is 0 Å². The Morgan fingerprint density at radius 3 is 2.77 bits per heavy atom. The van der Waals surface area contributed by atoms with Crippen molar-refractivity contribution >= 4 is 12.0 Å². The van der Waals surface area contributed by atoms with Crippen LogP contribution in [-0.2, 0) is 0 Å². The fourth-order valence-electron chi connectivity index (χ4n) is 2.30. The second kappa shape index (κ2) is 7.92. The van der Waals surface area contributed by atoms with Gasteiger partial charge >= 0.3 is 0 Å². The molecule has 0 bridgehead atoms.